The minimum absolute atomic E-state index is 0.0481. The van der Waals surface area contributed by atoms with Crippen LogP contribution in [-0.4, -0.2) is 156 Å². The minimum atomic E-state index is -5.05. The Labute approximate surface area is 408 Å². The number of nitrogens with zero attached hydrogens (tertiary/aromatic N) is 6. The predicted molar refractivity (Wildman–Crippen MR) is 251 cm³/mol. The number of carbonyl (C=O) groups excluding carboxylic acids is 5. The molecule has 22 heteroatoms. The van der Waals surface area contributed by atoms with Crippen molar-refractivity contribution in [3.63, 3.8) is 0 Å². The molecule has 4 aliphatic heterocycles. The van der Waals surface area contributed by atoms with E-state index in [0.717, 1.165) is 12.5 Å². The van der Waals surface area contributed by atoms with Gasteiger partial charge in [0.1, 0.15) is 35.6 Å². The first-order chi connectivity index (χ1) is 33.8. The van der Waals surface area contributed by atoms with E-state index in [9.17, 15) is 37.1 Å². The number of methoxy groups -OCH3 is 2. The van der Waals surface area contributed by atoms with Crippen molar-refractivity contribution in [2.75, 3.05) is 77.0 Å². The molecule has 3 N–H and O–H groups in total. The van der Waals surface area contributed by atoms with Crippen LogP contribution < -0.4 is 20.3 Å². The highest BCUT2D eigenvalue weighted by Crippen LogP contribution is 2.43. The smallest absolute Gasteiger partial charge is 0.453 e. The maximum absolute atomic E-state index is 14.0. The first-order valence-corrected chi connectivity index (χ1v) is 23.4. The fourth-order valence-electron chi connectivity index (χ4n) is 9.93. The first kappa shape index (κ1) is 50.6. The van der Waals surface area contributed by atoms with Gasteiger partial charge in [0, 0.05) is 69.3 Å². The van der Waals surface area contributed by atoms with Gasteiger partial charge < -0.3 is 58.9 Å². The monoisotopic (exact) mass is 989 g/mol. The van der Waals surface area contributed by atoms with Crippen molar-refractivity contribution in [1.82, 2.24) is 35.0 Å². The van der Waals surface area contributed by atoms with Crippen molar-refractivity contribution in [1.29, 1.82) is 0 Å². The fraction of sp³-hybridized carbons (Fsp3) is 0.490. The Morgan fingerprint density at radius 2 is 1.68 bits per heavy atom. The van der Waals surface area contributed by atoms with Gasteiger partial charge in [0.2, 0.25) is 17.7 Å². The molecular formula is C49H58F3N9O10. The van der Waals surface area contributed by atoms with Gasteiger partial charge in [-0.3, -0.25) is 19.2 Å². The number of imidazole rings is 1. The number of pyridine rings is 1. The summed E-state index contributed by atoms with van der Waals surface area (Å²) in [6, 6.07) is 12.2. The molecule has 71 heavy (non-hydrogen) atoms. The number of alkyl halides is 3. The molecule has 4 saturated heterocycles. The second-order valence-electron chi connectivity index (χ2n) is 18.7. The Morgan fingerprint density at radius 3 is 2.32 bits per heavy atom. The zero-order valence-electron chi connectivity index (χ0n) is 40.3. The number of rotatable bonds is 13. The topological polar surface area (TPSA) is 210 Å². The number of piperazine rings is 1. The van der Waals surface area contributed by atoms with Crippen LogP contribution in [0.4, 0.5) is 29.5 Å². The van der Waals surface area contributed by atoms with Crippen molar-refractivity contribution >= 4 is 41.2 Å². The molecule has 4 unspecified atom stereocenters. The van der Waals surface area contributed by atoms with Gasteiger partial charge in [0.25, 0.3) is 5.91 Å². The third kappa shape index (κ3) is 10.8. The number of halogens is 3. The Bertz CT molecular complexity index is 2610. The number of amides is 5. The van der Waals surface area contributed by atoms with E-state index in [1.54, 1.807) is 71.1 Å². The van der Waals surface area contributed by atoms with E-state index >= 15 is 0 Å². The highest BCUT2D eigenvalue weighted by atomic mass is 19.4. The van der Waals surface area contributed by atoms with Crippen molar-refractivity contribution in [2.45, 2.75) is 82.8 Å². The van der Waals surface area contributed by atoms with E-state index < -0.39 is 47.5 Å². The number of alkyl carbamates (subject to hydrolysis) is 1. The van der Waals surface area contributed by atoms with Crippen LogP contribution >= 0.6 is 0 Å². The van der Waals surface area contributed by atoms with E-state index in [1.807, 2.05) is 18.7 Å². The largest absolute Gasteiger partial charge is 0.573 e. The number of aromatic amines is 1. The molecule has 4 aliphatic rings. The molecule has 1 spiro atoms. The molecule has 5 amide bonds. The number of nitrogens with one attached hydrogen (secondary N) is 3. The van der Waals surface area contributed by atoms with E-state index in [0.29, 0.717) is 74.3 Å². The van der Waals surface area contributed by atoms with Gasteiger partial charge in [-0.15, -0.1) is 13.2 Å². The predicted octanol–water partition coefficient (Wildman–Crippen LogP) is 5.75. The molecule has 19 nitrogen and oxygen atoms in total. The maximum Gasteiger partial charge on any atom is 0.573 e. The Morgan fingerprint density at radius 1 is 0.944 bits per heavy atom. The van der Waals surface area contributed by atoms with Crippen molar-refractivity contribution in [3.8, 4) is 28.1 Å². The van der Waals surface area contributed by atoms with Crippen LogP contribution in [0.5, 0.6) is 5.75 Å². The Hall–Kier alpha value is -6.78. The van der Waals surface area contributed by atoms with E-state index in [1.165, 1.54) is 32.5 Å². The number of H-pyrrole nitrogens is 1. The van der Waals surface area contributed by atoms with Gasteiger partial charge in [0.05, 0.1) is 50.4 Å². The van der Waals surface area contributed by atoms with Gasteiger partial charge in [-0.2, -0.15) is 0 Å². The van der Waals surface area contributed by atoms with Crippen LogP contribution in [0.15, 0.2) is 67.0 Å². The average molecular weight is 990 g/mol. The van der Waals surface area contributed by atoms with Gasteiger partial charge in [-0.1, -0.05) is 38.1 Å². The van der Waals surface area contributed by atoms with Crippen LogP contribution in [0.25, 0.3) is 22.4 Å². The number of carbonyl (C=O) groups is 5. The number of anilines is 2. The average Bonchev–Trinajstić information content (AvgIpc) is 4.18. The summed E-state index contributed by atoms with van der Waals surface area (Å²) in [6.07, 6.45) is -1.26. The highest BCUT2D eigenvalue weighted by Gasteiger charge is 2.53. The van der Waals surface area contributed by atoms with Gasteiger partial charge >= 0.3 is 12.5 Å². The molecule has 4 fully saturated rings. The van der Waals surface area contributed by atoms with Gasteiger partial charge in [0.15, 0.2) is 5.79 Å². The highest BCUT2D eigenvalue weighted by molar-refractivity contribution is 6.04. The second kappa shape index (κ2) is 20.5. The Balaban J connectivity index is 0.930. The summed E-state index contributed by atoms with van der Waals surface area (Å²) >= 11 is 0. The zero-order chi connectivity index (χ0) is 50.8. The number of likely N-dealkylation sites (tertiary alicyclic amines) is 2. The van der Waals surface area contributed by atoms with E-state index in [-0.39, 0.29) is 66.1 Å². The number of benzene rings is 2. The third-order valence-electron chi connectivity index (χ3n) is 13.6. The lowest BCUT2D eigenvalue weighted by atomic mass is 9.95. The summed E-state index contributed by atoms with van der Waals surface area (Å²) in [6.45, 7) is 9.86. The Kier molecular flexibility index (Phi) is 14.6. The number of hydrogen-bond acceptors (Lipinski definition) is 13. The summed E-state index contributed by atoms with van der Waals surface area (Å²) in [5.74, 6) is -2.15. The normalized spacial score (nSPS) is 21.4. The minimum Gasteiger partial charge on any atom is -0.453 e. The van der Waals surface area contributed by atoms with Crippen LogP contribution in [0, 0.1) is 5.92 Å². The molecule has 0 saturated carbocycles. The summed E-state index contributed by atoms with van der Waals surface area (Å²) < 4.78 is 67.8. The summed E-state index contributed by atoms with van der Waals surface area (Å²) in [5, 5.41) is 5.28. The van der Waals surface area contributed by atoms with Crippen molar-refractivity contribution in [2.24, 2.45) is 5.92 Å². The molecule has 0 aliphatic carbocycles. The quantitative estimate of drug-likeness (QED) is 0.146. The molecular weight excluding hydrogens is 932 g/mol. The lowest BCUT2D eigenvalue weighted by Gasteiger charge is -2.44. The molecule has 4 aromatic rings. The van der Waals surface area contributed by atoms with Crippen LogP contribution in [0.3, 0.4) is 0 Å². The van der Waals surface area contributed by atoms with Gasteiger partial charge in [-0.05, 0) is 68.0 Å². The number of aromatic nitrogens is 3. The fourth-order valence-corrected chi connectivity index (χ4v) is 9.93. The maximum atomic E-state index is 14.0. The molecule has 380 valence electrons. The van der Waals surface area contributed by atoms with E-state index in [4.69, 9.17) is 18.9 Å². The number of hydrogen-bond donors (Lipinski definition) is 3. The van der Waals surface area contributed by atoms with Crippen molar-refractivity contribution in [3.05, 3.63) is 78.4 Å². The number of ether oxygens (including phenoxy) is 5. The van der Waals surface area contributed by atoms with Gasteiger partial charge in [-0.25, -0.2) is 14.8 Å². The van der Waals surface area contributed by atoms with E-state index in [2.05, 4.69) is 30.3 Å². The summed E-state index contributed by atoms with van der Waals surface area (Å²) in [5.41, 5.74) is 0.964. The molecule has 2 aromatic carbocycles. The standard InChI is InChI=1S/C49H58F3N9O10/c1-29(2)41(57-46(66)68-6)44(64)60-28-48(69-20-21-70-48)23-37(60)42-54-25-36(56-42)32-10-8-31(9-11-32)35-14-13-34(22-38(35)71-49(50,51)52)55-43(63)33-12-15-39(53-24-33)59-19-18-58(26-30(59)3)45(65)47(4)16-7-17-61(47)40(62)27-67-5/h8-15,22,24-25,29-30,37,41H,7,16-21,23,26-28H2,1-6H3,(H,54,56)(H,55,63)(H,57,66). The SMILES string of the molecule is COCC(=O)N1CCCC1(C)C(=O)N1CCN(c2ccc(C(=O)Nc3ccc(-c4ccc(-c5cnc(C6CC7(CN6C(=O)C(NC(=O)OC)C(C)C)OCCO7)[nH]5)cc4)c(OC(F)(F)F)c3)cn2)C(C)C1. The molecule has 0 radical (unpaired) electrons. The summed E-state index contributed by atoms with van der Waals surface area (Å²) in [4.78, 5) is 85.6. The van der Waals surface area contributed by atoms with Crippen LogP contribution in [0.2, 0.25) is 0 Å². The third-order valence-corrected chi connectivity index (χ3v) is 13.6. The van der Waals surface area contributed by atoms with Crippen molar-refractivity contribution < 1.29 is 60.8 Å². The zero-order valence-corrected chi connectivity index (χ0v) is 40.3. The lowest BCUT2D eigenvalue weighted by Crippen LogP contribution is -2.62. The lowest BCUT2D eigenvalue weighted by molar-refractivity contribution is -0.274. The first-order valence-electron chi connectivity index (χ1n) is 23.4. The summed E-state index contributed by atoms with van der Waals surface area (Å²) in [7, 11) is 2.67. The molecule has 8 rings (SSSR count). The molecule has 4 atom stereocenters. The molecule has 6 heterocycles. The van der Waals surface area contributed by atoms with Crippen LogP contribution in [0.1, 0.15) is 69.2 Å². The van der Waals surface area contributed by atoms with Crippen LogP contribution in [-0.2, 0) is 33.3 Å². The second-order valence-corrected chi connectivity index (χ2v) is 18.7. The molecule has 2 aromatic heterocycles. The molecule has 0 bridgehead atoms.